The van der Waals surface area contributed by atoms with Gasteiger partial charge in [0.15, 0.2) is 0 Å². The summed E-state index contributed by atoms with van der Waals surface area (Å²) in [5, 5.41) is 1.16. The predicted octanol–water partition coefficient (Wildman–Crippen LogP) is 6.38. The molecule has 19 heavy (non-hydrogen) atoms. The molecular formula is C18H29Br. The quantitative estimate of drug-likeness (QED) is 0.327. The summed E-state index contributed by atoms with van der Waals surface area (Å²) in [5.41, 5.74) is 1.49. The number of rotatable bonds is 11. The summed E-state index contributed by atoms with van der Waals surface area (Å²) in [7, 11) is 0. The maximum Gasteiger partial charge on any atom is 0.00570 e. The molecule has 108 valence electrons. The van der Waals surface area contributed by atoms with Crippen molar-refractivity contribution >= 4 is 15.9 Å². The van der Waals surface area contributed by atoms with Crippen LogP contribution >= 0.6 is 15.9 Å². The van der Waals surface area contributed by atoms with E-state index in [1.165, 1.54) is 63.4 Å². The molecule has 1 aromatic carbocycles. The summed E-state index contributed by atoms with van der Waals surface area (Å²) in [6.45, 7) is 2.33. The van der Waals surface area contributed by atoms with Gasteiger partial charge in [0.25, 0.3) is 0 Å². The molecule has 1 atom stereocenters. The van der Waals surface area contributed by atoms with Crippen LogP contribution in [0.3, 0.4) is 0 Å². The highest BCUT2D eigenvalue weighted by Crippen LogP contribution is 2.14. The van der Waals surface area contributed by atoms with Crippen molar-refractivity contribution in [2.45, 2.75) is 64.7 Å². The monoisotopic (exact) mass is 324 g/mol. The Bertz CT molecular complexity index is 294. The van der Waals surface area contributed by atoms with E-state index in [2.05, 4.69) is 53.2 Å². The molecule has 0 aliphatic heterocycles. The number of halogens is 1. The van der Waals surface area contributed by atoms with Crippen molar-refractivity contribution in [1.82, 2.24) is 0 Å². The minimum atomic E-state index is 0.853. The fourth-order valence-electron chi connectivity index (χ4n) is 2.43. The predicted molar refractivity (Wildman–Crippen MR) is 90.0 cm³/mol. The molecular weight excluding hydrogens is 296 g/mol. The molecule has 0 aromatic heterocycles. The van der Waals surface area contributed by atoms with E-state index in [1.807, 2.05) is 0 Å². The first-order valence-electron chi connectivity index (χ1n) is 7.93. The van der Waals surface area contributed by atoms with E-state index in [0.717, 1.165) is 11.2 Å². The Morgan fingerprint density at radius 3 is 2.05 bits per heavy atom. The minimum Gasteiger partial charge on any atom is -0.0925 e. The maximum atomic E-state index is 3.55. The largest absolute Gasteiger partial charge is 0.0925 e. The molecule has 0 saturated heterocycles. The fraction of sp³-hybridized carbons (Fsp3) is 0.667. The van der Waals surface area contributed by atoms with Crippen LogP contribution in [0.1, 0.15) is 63.9 Å². The van der Waals surface area contributed by atoms with Crippen molar-refractivity contribution in [3.63, 3.8) is 0 Å². The number of benzene rings is 1. The molecule has 1 heteroatoms. The van der Waals surface area contributed by atoms with Crippen molar-refractivity contribution in [2.24, 2.45) is 5.92 Å². The Balaban J connectivity index is 1.84. The van der Waals surface area contributed by atoms with Gasteiger partial charge in [-0.2, -0.15) is 0 Å². The molecule has 0 aliphatic carbocycles. The van der Waals surface area contributed by atoms with E-state index >= 15 is 0 Å². The minimum absolute atomic E-state index is 0.853. The van der Waals surface area contributed by atoms with Gasteiger partial charge in [-0.05, 0) is 30.7 Å². The lowest BCUT2D eigenvalue weighted by atomic mass is 10.0. The van der Waals surface area contributed by atoms with Crippen molar-refractivity contribution in [1.29, 1.82) is 0 Å². The Morgan fingerprint density at radius 1 is 0.842 bits per heavy atom. The molecule has 0 radical (unpaired) electrons. The number of alkyl halides is 1. The Morgan fingerprint density at radius 2 is 1.42 bits per heavy atom. The third-order valence-electron chi connectivity index (χ3n) is 3.77. The van der Waals surface area contributed by atoms with Crippen molar-refractivity contribution in [2.75, 3.05) is 5.33 Å². The van der Waals surface area contributed by atoms with E-state index < -0.39 is 0 Å². The smallest absolute Gasteiger partial charge is 0.00570 e. The first kappa shape index (κ1) is 16.8. The first-order valence-corrected chi connectivity index (χ1v) is 9.05. The van der Waals surface area contributed by atoms with Gasteiger partial charge in [0, 0.05) is 5.33 Å². The van der Waals surface area contributed by atoms with Crippen LogP contribution in [0.25, 0.3) is 0 Å². The zero-order valence-electron chi connectivity index (χ0n) is 12.4. The standard InChI is InChI=1S/C18H29Br/c1-17(16-19)12-8-5-3-2-4-6-9-13-18-14-10-7-11-15-18/h7,10-11,14-15,17H,2-6,8-9,12-13,16H2,1H3. The lowest BCUT2D eigenvalue weighted by Gasteiger charge is -2.06. The van der Waals surface area contributed by atoms with Crippen molar-refractivity contribution < 1.29 is 0 Å². The third kappa shape index (κ3) is 9.27. The summed E-state index contributed by atoms with van der Waals surface area (Å²) in [6.07, 6.45) is 12.5. The maximum absolute atomic E-state index is 3.55. The highest BCUT2D eigenvalue weighted by atomic mass is 79.9. The molecule has 1 rings (SSSR count). The zero-order chi connectivity index (χ0) is 13.8. The Labute approximate surface area is 128 Å². The van der Waals surface area contributed by atoms with Crippen LogP contribution in [-0.4, -0.2) is 5.33 Å². The lowest BCUT2D eigenvalue weighted by molar-refractivity contribution is 0.515. The van der Waals surface area contributed by atoms with Gasteiger partial charge in [-0.1, -0.05) is 91.7 Å². The Kier molecular flexibility index (Phi) is 10.2. The van der Waals surface area contributed by atoms with Gasteiger partial charge in [0.05, 0.1) is 0 Å². The number of hydrogen-bond donors (Lipinski definition) is 0. The van der Waals surface area contributed by atoms with Gasteiger partial charge in [-0.25, -0.2) is 0 Å². The van der Waals surface area contributed by atoms with Gasteiger partial charge in [-0.15, -0.1) is 0 Å². The van der Waals surface area contributed by atoms with Crippen molar-refractivity contribution in [3.05, 3.63) is 35.9 Å². The molecule has 1 unspecified atom stereocenters. The molecule has 1 aromatic rings. The highest BCUT2D eigenvalue weighted by molar-refractivity contribution is 9.09. The SMILES string of the molecule is CC(CBr)CCCCCCCCCc1ccccc1. The summed E-state index contributed by atoms with van der Waals surface area (Å²) >= 11 is 3.55. The van der Waals surface area contributed by atoms with Crippen LogP contribution < -0.4 is 0 Å². The van der Waals surface area contributed by atoms with Crippen LogP contribution in [0.4, 0.5) is 0 Å². The molecule has 0 fully saturated rings. The topological polar surface area (TPSA) is 0 Å². The second kappa shape index (κ2) is 11.5. The van der Waals surface area contributed by atoms with E-state index in [1.54, 1.807) is 0 Å². The van der Waals surface area contributed by atoms with Gasteiger partial charge < -0.3 is 0 Å². The number of aryl methyl sites for hydroxylation is 1. The molecule has 0 saturated carbocycles. The zero-order valence-corrected chi connectivity index (χ0v) is 14.0. The first-order chi connectivity index (χ1) is 9.33. The number of hydrogen-bond acceptors (Lipinski definition) is 0. The summed E-state index contributed by atoms with van der Waals surface area (Å²) < 4.78 is 0. The fourth-order valence-corrected chi connectivity index (χ4v) is 2.75. The molecule has 0 amide bonds. The Hall–Kier alpha value is -0.300. The van der Waals surface area contributed by atoms with Gasteiger partial charge in [-0.3, -0.25) is 0 Å². The van der Waals surface area contributed by atoms with Crippen LogP contribution in [-0.2, 0) is 6.42 Å². The average molecular weight is 325 g/mol. The molecule has 0 aliphatic rings. The summed E-state index contributed by atoms with van der Waals surface area (Å²) in [6, 6.07) is 10.9. The van der Waals surface area contributed by atoms with E-state index in [-0.39, 0.29) is 0 Å². The van der Waals surface area contributed by atoms with Crippen molar-refractivity contribution in [3.8, 4) is 0 Å². The van der Waals surface area contributed by atoms with E-state index in [0.29, 0.717) is 0 Å². The highest BCUT2D eigenvalue weighted by Gasteiger charge is 1.99. The molecule has 0 N–H and O–H groups in total. The molecule has 0 bridgehead atoms. The van der Waals surface area contributed by atoms with Gasteiger partial charge >= 0.3 is 0 Å². The van der Waals surface area contributed by atoms with Crippen LogP contribution in [0, 0.1) is 5.92 Å². The van der Waals surface area contributed by atoms with Crippen LogP contribution in [0.15, 0.2) is 30.3 Å². The third-order valence-corrected chi connectivity index (χ3v) is 4.87. The second-order valence-corrected chi connectivity index (χ2v) is 6.41. The average Bonchev–Trinajstić information content (AvgIpc) is 2.46. The summed E-state index contributed by atoms with van der Waals surface area (Å²) in [4.78, 5) is 0. The van der Waals surface area contributed by atoms with Crippen LogP contribution in [0.2, 0.25) is 0 Å². The van der Waals surface area contributed by atoms with Crippen LogP contribution in [0.5, 0.6) is 0 Å². The molecule has 0 spiro atoms. The molecule has 0 heterocycles. The number of unbranched alkanes of at least 4 members (excludes halogenated alkanes) is 6. The second-order valence-electron chi connectivity index (χ2n) is 5.76. The van der Waals surface area contributed by atoms with Gasteiger partial charge in [0.2, 0.25) is 0 Å². The molecule has 0 nitrogen and oxygen atoms in total. The van der Waals surface area contributed by atoms with E-state index in [4.69, 9.17) is 0 Å². The van der Waals surface area contributed by atoms with Gasteiger partial charge in [0.1, 0.15) is 0 Å². The van der Waals surface area contributed by atoms with E-state index in [9.17, 15) is 0 Å². The summed E-state index contributed by atoms with van der Waals surface area (Å²) in [5.74, 6) is 0.853. The normalized spacial score (nSPS) is 12.5. The lowest BCUT2D eigenvalue weighted by Crippen LogP contribution is -1.94.